The summed E-state index contributed by atoms with van der Waals surface area (Å²) in [7, 11) is 0. The molecular formula is C37H62O12. The molecule has 0 aromatic rings. The molecule has 5 aliphatic heterocycles. The van der Waals surface area contributed by atoms with Crippen LogP contribution < -0.4 is 0 Å². The average molecular weight is 699 g/mol. The van der Waals surface area contributed by atoms with Crippen LogP contribution in [0.3, 0.4) is 0 Å². The number of aliphatic hydroxyl groups excluding tert-OH is 2. The Hall–Kier alpha value is -1.38. The van der Waals surface area contributed by atoms with Crippen molar-refractivity contribution >= 4 is 11.9 Å². The van der Waals surface area contributed by atoms with Crippen LogP contribution in [0.15, 0.2) is 0 Å². The molecule has 0 amide bonds. The minimum atomic E-state index is -1.58. The minimum Gasteiger partial charge on any atom is -0.481 e. The molecule has 5 rings (SSSR count). The fraction of sp³-hybridized carbons (Fsp3) is 0.946. The number of rotatable bonds is 10. The number of esters is 1. The van der Waals surface area contributed by atoms with Gasteiger partial charge in [-0.3, -0.25) is 9.59 Å². The van der Waals surface area contributed by atoms with Crippen molar-refractivity contribution in [1.29, 1.82) is 0 Å². The summed E-state index contributed by atoms with van der Waals surface area (Å²) in [6.45, 7) is 16.7. The van der Waals surface area contributed by atoms with E-state index in [0.717, 1.165) is 25.7 Å². The van der Waals surface area contributed by atoms with Gasteiger partial charge in [0.05, 0.1) is 60.4 Å². The largest absolute Gasteiger partial charge is 0.481 e. The molecule has 5 fully saturated rings. The van der Waals surface area contributed by atoms with Crippen molar-refractivity contribution in [3.05, 3.63) is 0 Å². The van der Waals surface area contributed by atoms with E-state index >= 15 is 0 Å². The van der Waals surface area contributed by atoms with Gasteiger partial charge in [0.2, 0.25) is 0 Å². The van der Waals surface area contributed by atoms with Gasteiger partial charge in [0, 0.05) is 37.0 Å². The van der Waals surface area contributed by atoms with Crippen molar-refractivity contribution in [1.82, 2.24) is 0 Å². The Labute approximate surface area is 291 Å². The lowest BCUT2D eigenvalue weighted by Crippen LogP contribution is -2.57. The molecule has 4 N–H and O–H groups in total. The summed E-state index contributed by atoms with van der Waals surface area (Å²) in [6.07, 6.45) is 1.24. The highest BCUT2D eigenvalue weighted by Crippen LogP contribution is 2.54. The maximum atomic E-state index is 12.3. The average Bonchev–Trinajstić information content (AvgIpc) is 3.74. The molecule has 12 heteroatoms. The van der Waals surface area contributed by atoms with Gasteiger partial charge < -0.3 is 48.8 Å². The number of hydrogen-bond acceptors (Lipinski definition) is 11. The number of aliphatic hydroxyl groups is 3. The Morgan fingerprint density at radius 2 is 1.65 bits per heavy atom. The standard InChI is InChI=1S/C37H62O12/c1-10-28(40)45-30(24(7)33(41)42)23(6)31-22(5)25(39)17-36(47-31)14-13-34(8,49-36)27-11-12-35(9,46-27)32-20(3)16-26(44-32)29-19(2)15-21(4)37(43,18-38)48-29/h19-27,29-32,38-39,43H,10-18H2,1-9H3,(H,41,42)/t19-,20-,21+,22+,23-,24-,25-,26+,27+,29-,30+,31-,32+,34-,35-,36-,37-/m0/s1. The number of carbonyl (C=O) groups is 2. The third kappa shape index (κ3) is 7.32. The van der Waals surface area contributed by atoms with E-state index in [4.69, 9.17) is 28.4 Å². The lowest BCUT2D eigenvalue weighted by molar-refractivity contribution is -0.335. The van der Waals surface area contributed by atoms with E-state index in [2.05, 4.69) is 20.8 Å². The van der Waals surface area contributed by atoms with E-state index in [1.165, 1.54) is 6.92 Å². The Balaban J connectivity index is 1.27. The van der Waals surface area contributed by atoms with Crippen molar-refractivity contribution in [3.63, 3.8) is 0 Å². The first-order valence-corrected chi connectivity index (χ1v) is 18.6. The van der Waals surface area contributed by atoms with Crippen LogP contribution in [0.25, 0.3) is 0 Å². The topological polar surface area (TPSA) is 170 Å². The van der Waals surface area contributed by atoms with Crippen LogP contribution in [0, 0.1) is 35.5 Å². The van der Waals surface area contributed by atoms with Gasteiger partial charge in [-0.2, -0.15) is 0 Å². The third-order valence-electron chi connectivity index (χ3n) is 12.9. The fourth-order valence-corrected chi connectivity index (χ4v) is 9.66. The van der Waals surface area contributed by atoms with Gasteiger partial charge in [-0.25, -0.2) is 0 Å². The molecule has 5 aliphatic rings. The highest BCUT2D eigenvalue weighted by atomic mass is 16.7. The summed E-state index contributed by atoms with van der Waals surface area (Å²) in [5.41, 5.74) is -1.29. The Morgan fingerprint density at radius 1 is 0.959 bits per heavy atom. The first kappa shape index (κ1) is 38.8. The predicted molar refractivity (Wildman–Crippen MR) is 177 cm³/mol. The fourth-order valence-electron chi connectivity index (χ4n) is 9.66. The number of hydrogen-bond donors (Lipinski definition) is 4. The number of aliphatic carboxylic acids is 1. The predicted octanol–water partition coefficient (Wildman–Crippen LogP) is 4.19. The van der Waals surface area contributed by atoms with Gasteiger partial charge in [-0.15, -0.1) is 0 Å². The van der Waals surface area contributed by atoms with Crippen molar-refractivity contribution in [3.8, 4) is 0 Å². The second-order valence-electron chi connectivity index (χ2n) is 16.8. The maximum Gasteiger partial charge on any atom is 0.309 e. The molecule has 12 nitrogen and oxygen atoms in total. The van der Waals surface area contributed by atoms with Crippen LogP contribution in [0.4, 0.5) is 0 Å². The number of ether oxygens (including phenoxy) is 6. The van der Waals surface area contributed by atoms with Crippen LogP contribution in [0.1, 0.15) is 114 Å². The van der Waals surface area contributed by atoms with Crippen molar-refractivity contribution in [2.75, 3.05) is 6.61 Å². The Kier molecular flexibility index (Phi) is 11.3. The monoisotopic (exact) mass is 698 g/mol. The van der Waals surface area contributed by atoms with E-state index in [0.29, 0.717) is 12.8 Å². The van der Waals surface area contributed by atoms with Crippen LogP contribution in [-0.4, -0.2) is 104 Å². The van der Waals surface area contributed by atoms with Crippen molar-refractivity contribution in [2.45, 2.75) is 179 Å². The normalized spacial score (nSPS) is 49.1. The van der Waals surface area contributed by atoms with E-state index < -0.39 is 71.5 Å². The molecule has 0 aliphatic carbocycles. The molecule has 0 aromatic carbocycles. The molecule has 49 heavy (non-hydrogen) atoms. The van der Waals surface area contributed by atoms with Crippen molar-refractivity contribution < 1.29 is 58.4 Å². The zero-order chi connectivity index (χ0) is 36.3. The molecule has 17 atom stereocenters. The SMILES string of the molecule is CCC(=O)O[C@H]([C@H](C)[C@H]1O[C@]2(CC[C@@](C)([C@H]3CC[C@@](C)([C@@H]4O[C@@H]([C@H]5O[C@@](O)(CO)[C@H](C)C[C@@H]5C)C[C@@H]4C)O3)O2)C[C@H](O)[C@H]1C)[C@H](C)C(=O)O. The molecule has 0 unspecified atom stereocenters. The number of carboxylic acids is 1. The van der Waals surface area contributed by atoms with Crippen LogP contribution in [0.5, 0.6) is 0 Å². The van der Waals surface area contributed by atoms with Gasteiger partial charge in [0.15, 0.2) is 11.6 Å². The lowest BCUT2D eigenvalue weighted by Gasteiger charge is -2.48. The van der Waals surface area contributed by atoms with E-state index in [-0.39, 0.29) is 60.9 Å². The Bertz CT molecular complexity index is 1200. The summed E-state index contributed by atoms with van der Waals surface area (Å²) < 4.78 is 39.1. The number of carboxylic acid groups (broad SMARTS) is 1. The first-order valence-electron chi connectivity index (χ1n) is 18.6. The molecule has 0 aromatic heterocycles. The molecule has 0 bridgehead atoms. The van der Waals surface area contributed by atoms with Crippen LogP contribution in [-0.2, 0) is 38.0 Å². The van der Waals surface area contributed by atoms with Gasteiger partial charge in [-0.05, 0) is 64.7 Å². The van der Waals surface area contributed by atoms with Crippen LogP contribution in [0.2, 0.25) is 0 Å². The molecule has 5 saturated heterocycles. The van der Waals surface area contributed by atoms with Gasteiger partial charge in [-0.1, -0.05) is 41.5 Å². The zero-order valence-corrected chi connectivity index (χ0v) is 30.9. The summed E-state index contributed by atoms with van der Waals surface area (Å²) in [5.74, 6) is -5.90. The summed E-state index contributed by atoms with van der Waals surface area (Å²) >= 11 is 0. The smallest absolute Gasteiger partial charge is 0.309 e. The summed E-state index contributed by atoms with van der Waals surface area (Å²) in [4.78, 5) is 24.3. The molecule has 5 heterocycles. The summed E-state index contributed by atoms with van der Waals surface area (Å²) in [6, 6.07) is 0. The highest BCUT2D eigenvalue weighted by molar-refractivity contribution is 5.72. The van der Waals surface area contributed by atoms with E-state index in [9.17, 15) is 30.0 Å². The summed E-state index contributed by atoms with van der Waals surface area (Å²) in [5, 5.41) is 42.0. The van der Waals surface area contributed by atoms with Crippen LogP contribution >= 0.6 is 0 Å². The van der Waals surface area contributed by atoms with Gasteiger partial charge >= 0.3 is 11.9 Å². The molecule has 0 saturated carbocycles. The molecular weight excluding hydrogens is 636 g/mol. The first-order chi connectivity index (χ1) is 22.8. The molecule has 0 radical (unpaired) electrons. The molecule has 282 valence electrons. The Morgan fingerprint density at radius 3 is 2.29 bits per heavy atom. The van der Waals surface area contributed by atoms with Gasteiger partial charge in [0.25, 0.3) is 0 Å². The maximum absolute atomic E-state index is 12.3. The quantitative estimate of drug-likeness (QED) is 0.240. The minimum absolute atomic E-state index is 0.121. The number of carbonyl (C=O) groups excluding carboxylic acids is 1. The zero-order valence-electron chi connectivity index (χ0n) is 30.9. The van der Waals surface area contributed by atoms with E-state index in [1.807, 2.05) is 27.7 Å². The molecule has 1 spiro atoms. The second kappa shape index (κ2) is 14.2. The second-order valence-corrected chi connectivity index (χ2v) is 16.8. The third-order valence-corrected chi connectivity index (χ3v) is 12.9. The van der Waals surface area contributed by atoms with E-state index in [1.54, 1.807) is 6.92 Å². The van der Waals surface area contributed by atoms with Gasteiger partial charge in [0.1, 0.15) is 6.10 Å². The van der Waals surface area contributed by atoms with Crippen molar-refractivity contribution in [2.24, 2.45) is 35.5 Å². The lowest BCUT2D eigenvalue weighted by atomic mass is 9.78. The highest BCUT2D eigenvalue weighted by Gasteiger charge is 2.61.